The summed E-state index contributed by atoms with van der Waals surface area (Å²) in [5, 5.41) is 18.4. The van der Waals surface area contributed by atoms with Crippen LogP contribution in [0.2, 0.25) is 0 Å². The van der Waals surface area contributed by atoms with Crippen LogP contribution in [0.25, 0.3) is 10.4 Å². The number of halogens is 4. The van der Waals surface area contributed by atoms with E-state index in [0.29, 0.717) is 16.0 Å². The molecule has 1 heterocycles. The number of anilines is 1. The molecule has 3 rings (SSSR count). The molecule has 0 aliphatic carbocycles. The summed E-state index contributed by atoms with van der Waals surface area (Å²) in [6.45, 7) is 0.615. The summed E-state index contributed by atoms with van der Waals surface area (Å²) in [6.07, 6.45) is -4.50. The molecule has 0 saturated carbocycles. The minimum Gasteiger partial charge on any atom is -0.479 e. The van der Waals surface area contributed by atoms with Gasteiger partial charge in [-0.2, -0.15) is 13.2 Å². The molecule has 0 fully saturated rings. The van der Waals surface area contributed by atoms with Crippen molar-refractivity contribution < 1.29 is 42.5 Å². The van der Waals surface area contributed by atoms with E-state index in [1.54, 1.807) is 24.3 Å². The maximum atomic E-state index is 12.9. The van der Waals surface area contributed by atoms with Crippen molar-refractivity contribution in [3.63, 3.8) is 0 Å². The fourth-order valence-corrected chi connectivity index (χ4v) is 5.08. The highest BCUT2D eigenvalue weighted by atomic mass is 79.9. The summed E-state index contributed by atoms with van der Waals surface area (Å²) in [7, 11) is 0. The van der Waals surface area contributed by atoms with E-state index in [4.69, 9.17) is 9.84 Å². The second-order valence-electron chi connectivity index (χ2n) is 7.24. The molecule has 1 amide bonds. The van der Waals surface area contributed by atoms with Crippen LogP contribution in [0.4, 0.5) is 18.9 Å². The highest BCUT2D eigenvalue weighted by Crippen LogP contribution is 2.45. The molecule has 184 valence electrons. The Labute approximate surface area is 209 Å². The van der Waals surface area contributed by atoms with Crippen LogP contribution in [0, 0.1) is 0 Å². The summed E-state index contributed by atoms with van der Waals surface area (Å²) < 4.78 is 44.1. The van der Waals surface area contributed by atoms with Gasteiger partial charge in [-0.15, -0.1) is 11.3 Å². The van der Waals surface area contributed by atoms with Crippen molar-refractivity contribution in [3.8, 4) is 16.2 Å². The molecule has 7 nitrogen and oxygen atoms in total. The second-order valence-corrected chi connectivity index (χ2v) is 9.05. The van der Waals surface area contributed by atoms with E-state index in [-0.39, 0.29) is 33.2 Å². The monoisotopic (exact) mass is 571 g/mol. The van der Waals surface area contributed by atoms with Crippen molar-refractivity contribution in [1.82, 2.24) is 0 Å². The van der Waals surface area contributed by atoms with Crippen LogP contribution in [0.15, 0.2) is 53.0 Å². The van der Waals surface area contributed by atoms with E-state index < -0.39 is 30.3 Å². The van der Waals surface area contributed by atoms with Gasteiger partial charge in [0.25, 0.3) is 0 Å². The van der Waals surface area contributed by atoms with Crippen molar-refractivity contribution >= 4 is 50.8 Å². The molecule has 0 aliphatic rings. The average molecular weight is 572 g/mol. The Balaban J connectivity index is 1.93. The minimum atomic E-state index is -4.50. The molecule has 1 aromatic heterocycles. The van der Waals surface area contributed by atoms with Crippen molar-refractivity contribution in [1.29, 1.82) is 0 Å². The topological polar surface area (TPSA) is 104 Å². The molecule has 0 radical (unpaired) electrons. The zero-order valence-electron chi connectivity index (χ0n) is 17.9. The van der Waals surface area contributed by atoms with Gasteiger partial charge in [-0.1, -0.05) is 18.2 Å². The number of carbonyl (C=O) groups excluding carboxylic acids is 1. The summed E-state index contributed by atoms with van der Waals surface area (Å²) in [5.41, 5.74) is 0.654. The van der Waals surface area contributed by atoms with E-state index in [1.165, 1.54) is 24.0 Å². The predicted molar refractivity (Wildman–Crippen MR) is 126 cm³/mol. The molecule has 0 bridgehead atoms. The number of carboxylic acid groups (broad SMARTS) is 2. The normalized spacial score (nSPS) is 11.2. The van der Waals surface area contributed by atoms with Gasteiger partial charge in [0.2, 0.25) is 5.91 Å². The first-order chi connectivity index (χ1) is 16.4. The van der Waals surface area contributed by atoms with Crippen LogP contribution in [-0.4, -0.2) is 34.7 Å². The van der Waals surface area contributed by atoms with Gasteiger partial charge in [0.1, 0.15) is 0 Å². The summed E-state index contributed by atoms with van der Waals surface area (Å²) >= 11 is 4.17. The Bertz CT molecular complexity index is 1270. The van der Waals surface area contributed by atoms with Gasteiger partial charge < -0.3 is 19.8 Å². The number of aromatic carboxylic acids is 1. The van der Waals surface area contributed by atoms with Gasteiger partial charge in [-0.05, 0) is 57.4 Å². The quantitative estimate of drug-likeness (QED) is 0.348. The molecule has 2 aromatic carbocycles. The first-order valence-corrected chi connectivity index (χ1v) is 11.4. The molecule has 35 heavy (non-hydrogen) atoms. The Kier molecular flexibility index (Phi) is 7.86. The lowest BCUT2D eigenvalue weighted by molar-refractivity contribution is -0.139. The standard InChI is InChI=1S/C23H17BrF3NO6S/c1-12(29)28(16-7-5-15(6-8-16)23(25,26)27)10-13-3-2-4-14(9-13)20-18(24)19(34-11-17(30)31)21(35-20)22(32)33/h2-9H,10-11H2,1H3,(H,30,31)(H,32,33). The van der Waals surface area contributed by atoms with Crippen LogP contribution in [0.5, 0.6) is 5.75 Å². The van der Waals surface area contributed by atoms with E-state index in [2.05, 4.69) is 15.9 Å². The lowest BCUT2D eigenvalue weighted by Gasteiger charge is -2.22. The van der Waals surface area contributed by atoms with Gasteiger partial charge in [0, 0.05) is 12.6 Å². The Morgan fingerprint density at radius 3 is 2.29 bits per heavy atom. The predicted octanol–water partition coefficient (Wildman–Crippen LogP) is 5.91. The van der Waals surface area contributed by atoms with Crippen LogP contribution < -0.4 is 9.64 Å². The lowest BCUT2D eigenvalue weighted by Crippen LogP contribution is -2.27. The van der Waals surface area contributed by atoms with Crippen LogP contribution in [0.3, 0.4) is 0 Å². The highest BCUT2D eigenvalue weighted by molar-refractivity contribution is 9.10. The SMILES string of the molecule is CC(=O)N(Cc1cccc(-c2sc(C(=O)O)c(OCC(=O)O)c2Br)c1)c1ccc(C(F)(F)F)cc1. The number of amides is 1. The molecule has 0 spiro atoms. The zero-order valence-corrected chi connectivity index (χ0v) is 20.3. The molecule has 2 N–H and O–H groups in total. The number of benzene rings is 2. The maximum absolute atomic E-state index is 12.9. The third-order valence-corrected chi connectivity index (χ3v) is 6.99. The number of carbonyl (C=O) groups is 3. The molecule has 0 atom stereocenters. The number of hydrogen-bond acceptors (Lipinski definition) is 5. The van der Waals surface area contributed by atoms with Crippen LogP contribution >= 0.6 is 27.3 Å². The molecule has 0 aliphatic heterocycles. The Morgan fingerprint density at radius 2 is 1.74 bits per heavy atom. The lowest BCUT2D eigenvalue weighted by atomic mass is 10.1. The van der Waals surface area contributed by atoms with E-state index in [9.17, 15) is 32.7 Å². The third kappa shape index (κ3) is 6.20. The minimum absolute atomic E-state index is 0.0473. The Hall–Kier alpha value is -3.38. The number of rotatable bonds is 8. The van der Waals surface area contributed by atoms with Crippen LogP contribution in [0.1, 0.15) is 27.7 Å². The van der Waals surface area contributed by atoms with Gasteiger partial charge in [0.15, 0.2) is 17.2 Å². The number of carboxylic acids is 2. The van der Waals surface area contributed by atoms with Gasteiger partial charge in [-0.25, -0.2) is 9.59 Å². The van der Waals surface area contributed by atoms with E-state index in [0.717, 1.165) is 23.5 Å². The number of nitrogens with zero attached hydrogens (tertiary/aromatic N) is 1. The molecule has 0 saturated heterocycles. The second kappa shape index (κ2) is 10.5. The Morgan fingerprint density at radius 1 is 1.09 bits per heavy atom. The molecular formula is C23H17BrF3NO6S. The van der Waals surface area contributed by atoms with Crippen molar-refractivity contribution in [2.75, 3.05) is 11.5 Å². The maximum Gasteiger partial charge on any atom is 0.416 e. The van der Waals surface area contributed by atoms with Crippen molar-refractivity contribution in [3.05, 3.63) is 69.0 Å². The molecular weight excluding hydrogens is 555 g/mol. The summed E-state index contributed by atoms with van der Waals surface area (Å²) in [5.74, 6) is -3.05. The first kappa shape index (κ1) is 26.2. The van der Waals surface area contributed by atoms with Gasteiger partial charge >= 0.3 is 18.1 Å². The number of hydrogen-bond donors (Lipinski definition) is 2. The van der Waals surface area contributed by atoms with Gasteiger partial charge in [-0.3, -0.25) is 4.79 Å². The van der Waals surface area contributed by atoms with Crippen molar-refractivity contribution in [2.45, 2.75) is 19.6 Å². The van der Waals surface area contributed by atoms with E-state index >= 15 is 0 Å². The molecule has 12 heteroatoms. The largest absolute Gasteiger partial charge is 0.479 e. The fraction of sp³-hybridized carbons (Fsp3) is 0.174. The summed E-state index contributed by atoms with van der Waals surface area (Å²) in [6, 6.07) is 11.0. The van der Waals surface area contributed by atoms with Crippen molar-refractivity contribution in [2.24, 2.45) is 0 Å². The molecule has 3 aromatic rings. The zero-order chi connectivity index (χ0) is 25.9. The number of alkyl halides is 3. The fourth-order valence-electron chi connectivity index (χ4n) is 3.19. The van der Waals surface area contributed by atoms with E-state index in [1.807, 2.05) is 0 Å². The number of ether oxygens (including phenoxy) is 1. The average Bonchev–Trinajstić information content (AvgIpc) is 3.12. The first-order valence-electron chi connectivity index (χ1n) is 9.83. The van der Waals surface area contributed by atoms with Crippen LogP contribution in [-0.2, 0) is 22.3 Å². The smallest absolute Gasteiger partial charge is 0.416 e. The summed E-state index contributed by atoms with van der Waals surface area (Å²) in [4.78, 5) is 36.3. The number of thiophene rings is 1. The third-order valence-electron chi connectivity index (χ3n) is 4.76. The molecule has 0 unspecified atom stereocenters. The highest BCUT2D eigenvalue weighted by Gasteiger charge is 2.30. The number of aliphatic carboxylic acids is 1. The van der Waals surface area contributed by atoms with Gasteiger partial charge in [0.05, 0.1) is 21.5 Å².